The molecule has 0 aliphatic heterocycles. The third-order valence-electron chi connectivity index (χ3n) is 2.56. The molecule has 0 saturated carbocycles. The first-order chi connectivity index (χ1) is 9.85. The number of esters is 1. The molecule has 0 bridgehead atoms. The second-order valence-corrected chi connectivity index (χ2v) is 5.04. The van der Waals surface area contributed by atoms with Crippen LogP contribution in [0.3, 0.4) is 0 Å². The van der Waals surface area contributed by atoms with Crippen molar-refractivity contribution in [1.29, 1.82) is 0 Å². The molecule has 0 spiro atoms. The lowest BCUT2D eigenvalue weighted by atomic mass is 10.2. The van der Waals surface area contributed by atoms with Crippen LogP contribution < -0.4 is 5.32 Å². The van der Waals surface area contributed by atoms with E-state index in [1.54, 1.807) is 0 Å². The fraction of sp³-hybridized carbons (Fsp3) is 0.308. The summed E-state index contributed by atoms with van der Waals surface area (Å²) in [6.45, 7) is -0.726. The molecule has 8 heteroatoms. The lowest BCUT2D eigenvalue weighted by Gasteiger charge is -2.16. The van der Waals surface area contributed by atoms with E-state index in [0.29, 0.717) is 4.47 Å². The molecular weight excluding hydrogens is 347 g/mol. The van der Waals surface area contributed by atoms with E-state index in [0.717, 1.165) is 11.0 Å². The summed E-state index contributed by atoms with van der Waals surface area (Å²) >= 11 is 3.11. The largest absolute Gasteiger partial charge is 0.452 e. The van der Waals surface area contributed by atoms with E-state index in [4.69, 9.17) is 4.74 Å². The number of benzene rings is 1. The highest BCUT2D eigenvalue weighted by atomic mass is 79.9. The molecule has 0 atom stereocenters. The number of amides is 2. The van der Waals surface area contributed by atoms with Crippen molar-refractivity contribution in [1.82, 2.24) is 10.2 Å². The molecule has 0 fully saturated rings. The Labute approximate surface area is 129 Å². The molecule has 1 aromatic carbocycles. The number of ether oxygens (including phenoxy) is 1. The minimum atomic E-state index is -0.949. The second kappa shape index (κ2) is 7.72. The van der Waals surface area contributed by atoms with Gasteiger partial charge in [-0.3, -0.25) is 9.59 Å². The summed E-state index contributed by atoms with van der Waals surface area (Å²) in [5.74, 6) is -2.61. The molecule has 1 N–H and O–H groups in total. The van der Waals surface area contributed by atoms with Crippen LogP contribution in [0.1, 0.15) is 10.4 Å². The lowest BCUT2D eigenvalue weighted by Crippen LogP contribution is -2.39. The van der Waals surface area contributed by atoms with Gasteiger partial charge in [0, 0.05) is 18.6 Å². The van der Waals surface area contributed by atoms with Crippen molar-refractivity contribution < 1.29 is 23.5 Å². The molecule has 114 valence electrons. The quantitative estimate of drug-likeness (QED) is 0.793. The van der Waals surface area contributed by atoms with Gasteiger partial charge in [0.15, 0.2) is 6.61 Å². The summed E-state index contributed by atoms with van der Waals surface area (Å²) in [4.78, 5) is 35.5. The number of hydrogen-bond acceptors (Lipinski definition) is 4. The summed E-state index contributed by atoms with van der Waals surface area (Å²) in [5.41, 5.74) is -0.272. The van der Waals surface area contributed by atoms with Crippen molar-refractivity contribution in [3.8, 4) is 0 Å². The van der Waals surface area contributed by atoms with E-state index in [2.05, 4.69) is 21.2 Å². The van der Waals surface area contributed by atoms with Crippen LogP contribution in [0.15, 0.2) is 22.7 Å². The van der Waals surface area contributed by atoms with Gasteiger partial charge in [-0.2, -0.15) is 0 Å². The zero-order valence-corrected chi connectivity index (χ0v) is 13.1. The molecule has 0 unspecified atom stereocenters. The number of carbonyl (C=O) groups is 3. The van der Waals surface area contributed by atoms with Gasteiger partial charge < -0.3 is 15.0 Å². The molecule has 21 heavy (non-hydrogen) atoms. The van der Waals surface area contributed by atoms with Gasteiger partial charge >= 0.3 is 5.97 Å². The molecule has 0 radical (unpaired) electrons. The fourth-order valence-electron chi connectivity index (χ4n) is 1.35. The zero-order chi connectivity index (χ0) is 16.0. The van der Waals surface area contributed by atoms with Crippen LogP contribution in [0.5, 0.6) is 0 Å². The minimum absolute atomic E-state index is 0.155. The lowest BCUT2D eigenvalue weighted by molar-refractivity contribution is -0.137. The Balaban J connectivity index is 2.58. The maximum atomic E-state index is 13.5. The average Bonchev–Trinajstić information content (AvgIpc) is 2.46. The first kappa shape index (κ1) is 17.1. The van der Waals surface area contributed by atoms with Gasteiger partial charge in [0.1, 0.15) is 5.82 Å². The van der Waals surface area contributed by atoms with Crippen molar-refractivity contribution in [3.05, 3.63) is 34.1 Å². The highest BCUT2D eigenvalue weighted by Gasteiger charge is 2.18. The number of rotatable bonds is 5. The number of halogens is 2. The van der Waals surface area contributed by atoms with E-state index >= 15 is 0 Å². The second-order valence-electron chi connectivity index (χ2n) is 4.12. The van der Waals surface area contributed by atoms with Gasteiger partial charge in [-0.25, -0.2) is 9.18 Å². The van der Waals surface area contributed by atoms with Crippen LogP contribution in [-0.4, -0.2) is 49.9 Å². The van der Waals surface area contributed by atoms with E-state index in [1.807, 2.05) is 0 Å². The van der Waals surface area contributed by atoms with Gasteiger partial charge in [0.25, 0.3) is 5.91 Å². The standard InChI is InChI=1S/C13H14BrFN2O4/c1-16-11(18)6-17(2)12(19)7-21-13(20)9-5-8(14)3-4-10(9)15/h3-5H,6-7H2,1-2H3,(H,16,18). The van der Waals surface area contributed by atoms with Crippen molar-refractivity contribution in [3.63, 3.8) is 0 Å². The van der Waals surface area contributed by atoms with E-state index in [-0.39, 0.29) is 18.0 Å². The maximum absolute atomic E-state index is 13.5. The van der Waals surface area contributed by atoms with Crippen LogP contribution >= 0.6 is 15.9 Å². The van der Waals surface area contributed by atoms with Crippen LogP contribution in [0, 0.1) is 5.82 Å². The Morgan fingerprint density at radius 2 is 2.05 bits per heavy atom. The maximum Gasteiger partial charge on any atom is 0.341 e. The van der Waals surface area contributed by atoms with Crippen molar-refractivity contribution in [2.45, 2.75) is 0 Å². The van der Waals surface area contributed by atoms with E-state index in [9.17, 15) is 18.8 Å². The SMILES string of the molecule is CNC(=O)CN(C)C(=O)COC(=O)c1cc(Br)ccc1F. The van der Waals surface area contributed by atoms with Gasteiger partial charge in [0.2, 0.25) is 5.91 Å². The summed E-state index contributed by atoms with van der Waals surface area (Å²) in [5, 5.41) is 2.36. The summed E-state index contributed by atoms with van der Waals surface area (Å²) in [6, 6.07) is 3.81. The van der Waals surface area contributed by atoms with Crippen molar-refractivity contribution in [2.75, 3.05) is 27.2 Å². The highest BCUT2D eigenvalue weighted by molar-refractivity contribution is 9.10. The number of nitrogens with zero attached hydrogens (tertiary/aromatic N) is 1. The molecule has 0 aliphatic rings. The molecule has 1 aromatic rings. The van der Waals surface area contributed by atoms with Crippen LogP contribution in [0.2, 0.25) is 0 Å². The van der Waals surface area contributed by atoms with E-state index < -0.39 is 24.3 Å². The predicted octanol–water partition coefficient (Wildman–Crippen LogP) is 0.949. The van der Waals surface area contributed by atoms with Gasteiger partial charge in [-0.05, 0) is 18.2 Å². The molecule has 0 saturated heterocycles. The molecule has 2 amide bonds. The van der Waals surface area contributed by atoms with Gasteiger partial charge in [0.05, 0.1) is 12.1 Å². The van der Waals surface area contributed by atoms with Crippen LogP contribution in [0.25, 0.3) is 0 Å². The molecule has 6 nitrogen and oxygen atoms in total. The summed E-state index contributed by atoms with van der Waals surface area (Å²) in [6.07, 6.45) is 0. The third kappa shape index (κ3) is 5.14. The molecule has 0 aromatic heterocycles. The predicted molar refractivity (Wildman–Crippen MR) is 76.1 cm³/mol. The minimum Gasteiger partial charge on any atom is -0.452 e. The Kier molecular flexibility index (Phi) is 6.29. The van der Waals surface area contributed by atoms with Gasteiger partial charge in [-0.1, -0.05) is 15.9 Å². The molecule has 0 heterocycles. The van der Waals surface area contributed by atoms with Crippen molar-refractivity contribution in [2.24, 2.45) is 0 Å². The third-order valence-corrected chi connectivity index (χ3v) is 3.05. The Bertz CT molecular complexity index is 565. The number of carbonyl (C=O) groups excluding carboxylic acids is 3. The normalized spacial score (nSPS) is 9.90. The number of likely N-dealkylation sites (N-methyl/N-ethyl adjacent to an activating group) is 2. The Morgan fingerprint density at radius 1 is 1.38 bits per heavy atom. The first-order valence-corrected chi connectivity index (χ1v) is 6.71. The summed E-state index contributed by atoms with van der Waals surface area (Å²) < 4.78 is 18.7. The molecular formula is C13H14BrFN2O4. The Hall–Kier alpha value is -1.96. The van der Waals surface area contributed by atoms with Crippen LogP contribution in [-0.2, 0) is 14.3 Å². The molecule has 0 aliphatic carbocycles. The van der Waals surface area contributed by atoms with Crippen LogP contribution in [0.4, 0.5) is 4.39 Å². The number of hydrogen-bond donors (Lipinski definition) is 1. The van der Waals surface area contributed by atoms with Gasteiger partial charge in [-0.15, -0.1) is 0 Å². The molecule has 1 rings (SSSR count). The fourth-order valence-corrected chi connectivity index (χ4v) is 1.71. The zero-order valence-electron chi connectivity index (χ0n) is 11.5. The number of nitrogens with one attached hydrogen (secondary N) is 1. The first-order valence-electron chi connectivity index (χ1n) is 5.92. The summed E-state index contributed by atoms with van der Waals surface area (Å²) in [7, 11) is 2.84. The monoisotopic (exact) mass is 360 g/mol. The highest BCUT2D eigenvalue weighted by Crippen LogP contribution is 2.16. The average molecular weight is 361 g/mol. The van der Waals surface area contributed by atoms with E-state index in [1.165, 1.54) is 26.2 Å². The smallest absolute Gasteiger partial charge is 0.341 e. The Morgan fingerprint density at radius 3 is 2.67 bits per heavy atom. The van der Waals surface area contributed by atoms with Crippen molar-refractivity contribution >= 4 is 33.7 Å². The topological polar surface area (TPSA) is 75.7 Å².